The lowest BCUT2D eigenvalue weighted by molar-refractivity contribution is 0.101. The number of benzene rings is 1. The number of nitrogens with one attached hydrogen (secondary N) is 1. The molecule has 2 aromatic heterocycles. The van der Waals surface area contributed by atoms with E-state index in [0.717, 1.165) is 10.9 Å². The summed E-state index contributed by atoms with van der Waals surface area (Å²) < 4.78 is 11.7. The molecule has 1 N–H and O–H groups in total. The molecule has 0 amide bonds. The van der Waals surface area contributed by atoms with E-state index in [2.05, 4.69) is 20.9 Å². The van der Waals surface area contributed by atoms with Crippen LogP contribution in [0.5, 0.6) is 5.75 Å². The Hall–Kier alpha value is -2.01. The number of fused-ring (bicyclic) bond motifs is 1. The van der Waals surface area contributed by atoms with Gasteiger partial charge in [-0.3, -0.25) is 4.79 Å². The fourth-order valence-electron chi connectivity index (χ4n) is 2.25. The quantitative estimate of drug-likeness (QED) is 0.704. The van der Waals surface area contributed by atoms with Crippen LogP contribution in [0.15, 0.2) is 45.6 Å². The smallest absolute Gasteiger partial charge is 0.230 e. The second-order valence-corrected chi connectivity index (χ2v) is 5.76. The minimum Gasteiger partial charge on any atom is -0.490 e. The van der Waals surface area contributed by atoms with Crippen LogP contribution in [0.1, 0.15) is 30.0 Å². The molecular formula is C16H14BrNO3. The predicted molar refractivity (Wildman–Crippen MR) is 83.9 cm³/mol. The Bertz CT molecular complexity index is 801. The maximum atomic E-state index is 12.6. The van der Waals surface area contributed by atoms with Crippen LogP contribution in [0.3, 0.4) is 0 Å². The Labute approximate surface area is 130 Å². The van der Waals surface area contributed by atoms with Crippen molar-refractivity contribution in [1.29, 1.82) is 0 Å². The number of carbonyl (C=O) groups is 1. The molecule has 2 heterocycles. The van der Waals surface area contributed by atoms with E-state index in [4.69, 9.17) is 9.15 Å². The molecule has 0 atom stereocenters. The second kappa shape index (κ2) is 5.41. The van der Waals surface area contributed by atoms with Crippen molar-refractivity contribution in [2.75, 3.05) is 0 Å². The van der Waals surface area contributed by atoms with E-state index in [-0.39, 0.29) is 11.9 Å². The number of carbonyl (C=O) groups excluding carboxylic acids is 1. The molecule has 0 aliphatic carbocycles. The van der Waals surface area contributed by atoms with Crippen LogP contribution >= 0.6 is 15.9 Å². The summed E-state index contributed by atoms with van der Waals surface area (Å²) in [6, 6.07) is 9.03. The fraction of sp³-hybridized carbons (Fsp3) is 0.188. The Morgan fingerprint density at radius 2 is 2.10 bits per heavy atom. The highest BCUT2D eigenvalue weighted by molar-refractivity contribution is 9.10. The number of halogens is 1. The average molecular weight is 348 g/mol. The molecule has 1 aromatic carbocycles. The first-order valence-corrected chi connectivity index (χ1v) is 7.42. The van der Waals surface area contributed by atoms with Gasteiger partial charge < -0.3 is 14.1 Å². The highest BCUT2D eigenvalue weighted by Gasteiger charge is 2.20. The first-order valence-electron chi connectivity index (χ1n) is 6.63. The largest absolute Gasteiger partial charge is 0.490 e. The number of aromatic nitrogens is 1. The van der Waals surface area contributed by atoms with Gasteiger partial charge in [0.15, 0.2) is 10.4 Å². The number of ketones is 1. The van der Waals surface area contributed by atoms with Gasteiger partial charge in [0.25, 0.3) is 0 Å². The van der Waals surface area contributed by atoms with E-state index < -0.39 is 0 Å². The lowest BCUT2D eigenvalue weighted by Gasteiger charge is -2.11. The van der Waals surface area contributed by atoms with Gasteiger partial charge in [0.05, 0.1) is 17.1 Å². The maximum absolute atomic E-state index is 12.6. The predicted octanol–water partition coefficient (Wildman–Crippen LogP) is 4.54. The summed E-state index contributed by atoms with van der Waals surface area (Å²) in [4.78, 5) is 15.7. The summed E-state index contributed by atoms with van der Waals surface area (Å²) >= 11 is 3.21. The molecule has 108 valence electrons. The first-order chi connectivity index (χ1) is 10.1. The Morgan fingerprint density at radius 3 is 2.76 bits per heavy atom. The van der Waals surface area contributed by atoms with Gasteiger partial charge in [0, 0.05) is 11.7 Å². The summed E-state index contributed by atoms with van der Waals surface area (Å²) in [6.45, 7) is 3.91. The van der Waals surface area contributed by atoms with E-state index in [1.54, 1.807) is 18.3 Å². The molecule has 0 radical (unpaired) electrons. The Kier molecular flexibility index (Phi) is 3.59. The molecule has 0 unspecified atom stereocenters. The molecule has 0 saturated heterocycles. The highest BCUT2D eigenvalue weighted by atomic mass is 79.9. The third-order valence-electron chi connectivity index (χ3n) is 3.07. The molecule has 4 nitrogen and oxygen atoms in total. The van der Waals surface area contributed by atoms with Crippen molar-refractivity contribution in [3.8, 4) is 5.75 Å². The van der Waals surface area contributed by atoms with Crippen molar-refractivity contribution in [2.45, 2.75) is 20.0 Å². The van der Waals surface area contributed by atoms with E-state index in [1.165, 1.54) is 0 Å². The van der Waals surface area contributed by atoms with Crippen LogP contribution in [0, 0.1) is 0 Å². The van der Waals surface area contributed by atoms with Crippen molar-refractivity contribution < 1.29 is 13.9 Å². The Morgan fingerprint density at radius 1 is 1.29 bits per heavy atom. The third kappa shape index (κ3) is 2.61. The molecule has 3 rings (SSSR count). The minimum atomic E-state index is -0.174. The number of ether oxygens (including phenoxy) is 1. The lowest BCUT2D eigenvalue weighted by atomic mass is 10.1. The van der Waals surface area contributed by atoms with Crippen LogP contribution in [0.25, 0.3) is 10.9 Å². The number of furan rings is 1. The first kappa shape index (κ1) is 13.9. The zero-order valence-corrected chi connectivity index (χ0v) is 13.2. The van der Waals surface area contributed by atoms with Gasteiger partial charge in [-0.15, -0.1) is 0 Å². The zero-order valence-electron chi connectivity index (χ0n) is 11.6. The molecule has 0 fully saturated rings. The number of H-pyrrole nitrogens is 1. The van der Waals surface area contributed by atoms with E-state index >= 15 is 0 Å². The van der Waals surface area contributed by atoms with E-state index in [1.807, 2.05) is 32.0 Å². The summed E-state index contributed by atoms with van der Waals surface area (Å²) in [5.74, 6) is 0.812. The molecule has 21 heavy (non-hydrogen) atoms. The summed E-state index contributed by atoms with van der Waals surface area (Å²) in [5.41, 5.74) is 1.41. The van der Waals surface area contributed by atoms with Crippen LogP contribution in [-0.4, -0.2) is 16.9 Å². The van der Waals surface area contributed by atoms with Crippen LogP contribution in [0.2, 0.25) is 0 Å². The normalized spacial score (nSPS) is 11.2. The molecule has 0 spiro atoms. The van der Waals surface area contributed by atoms with E-state index in [0.29, 0.717) is 21.7 Å². The van der Waals surface area contributed by atoms with Gasteiger partial charge in [-0.25, -0.2) is 0 Å². The topological polar surface area (TPSA) is 55.2 Å². The maximum Gasteiger partial charge on any atom is 0.230 e. The van der Waals surface area contributed by atoms with Gasteiger partial charge in [-0.1, -0.05) is 6.07 Å². The minimum absolute atomic E-state index is 0.0335. The van der Waals surface area contributed by atoms with Crippen molar-refractivity contribution in [1.82, 2.24) is 4.98 Å². The number of hydrogen-bond acceptors (Lipinski definition) is 3. The molecule has 0 bridgehead atoms. The summed E-state index contributed by atoms with van der Waals surface area (Å²) in [6.07, 6.45) is 1.72. The van der Waals surface area contributed by atoms with Crippen LogP contribution < -0.4 is 4.74 Å². The van der Waals surface area contributed by atoms with Crippen molar-refractivity contribution in [3.05, 3.63) is 52.5 Å². The lowest BCUT2D eigenvalue weighted by Crippen LogP contribution is -2.07. The molecule has 0 aliphatic rings. The fourth-order valence-corrected chi connectivity index (χ4v) is 2.56. The van der Waals surface area contributed by atoms with Crippen LogP contribution in [-0.2, 0) is 0 Å². The number of rotatable bonds is 4. The van der Waals surface area contributed by atoms with Gasteiger partial charge in [-0.05, 0) is 54.0 Å². The molecule has 0 aliphatic heterocycles. The second-order valence-electron chi connectivity index (χ2n) is 4.98. The van der Waals surface area contributed by atoms with Crippen molar-refractivity contribution in [2.24, 2.45) is 0 Å². The molecule has 3 aromatic rings. The summed E-state index contributed by atoms with van der Waals surface area (Å²) in [5, 5.41) is 0.781. The van der Waals surface area contributed by atoms with Crippen molar-refractivity contribution in [3.63, 3.8) is 0 Å². The van der Waals surface area contributed by atoms with Gasteiger partial charge in [0.2, 0.25) is 5.78 Å². The highest BCUT2D eigenvalue weighted by Crippen LogP contribution is 2.31. The molecular weight excluding hydrogens is 334 g/mol. The molecule has 5 heteroatoms. The number of hydrogen-bond donors (Lipinski definition) is 1. The zero-order chi connectivity index (χ0) is 15.0. The average Bonchev–Trinajstić information content (AvgIpc) is 3.04. The third-order valence-corrected chi connectivity index (χ3v) is 3.50. The van der Waals surface area contributed by atoms with Crippen LogP contribution in [0.4, 0.5) is 0 Å². The number of aromatic amines is 1. The van der Waals surface area contributed by atoms with Gasteiger partial charge >= 0.3 is 0 Å². The SMILES string of the molecule is CC(C)Oc1cccc2[nH]cc(C(=O)c3ccc(Br)o3)c12. The van der Waals surface area contributed by atoms with Gasteiger partial charge in [-0.2, -0.15) is 0 Å². The summed E-state index contributed by atoms with van der Waals surface area (Å²) in [7, 11) is 0. The monoisotopic (exact) mass is 347 g/mol. The van der Waals surface area contributed by atoms with E-state index in [9.17, 15) is 4.79 Å². The Balaban J connectivity index is 2.12. The standard InChI is InChI=1S/C16H14BrNO3/c1-9(2)20-12-5-3-4-11-15(12)10(8-18-11)16(19)13-6-7-14(17)21-13/h3-9,18H,1-2H3. The van der Waals surface area contributed by atoms with Gasteiger partial charge in [0.1, 0.15) is 5.75 Å². The van der Waals surface area contributed by atoms with Crippen molar-refractivity contribution >= 4 is 32.6 Å². The molecule has 0 saturated carbocycles.